The molecule has 2 N–H and O–H groups in total. The molecule has 1 aromatic rings. The van der Waals surface area contributed by atoms with E-state index in [0.29, 0.717) is 12.1 Å². The summed E-state index contributed by atoms with van der Waals surface area (Å²) in [7, 11) is 0. The molecule has 3 rings (SSSR count). The first-order chi connectivity index (χ1) is 10.8. The minimum Gasteiger partial charge on any atom is -0.376 e. The smallest absolute Gasteiger partial charge is 0.225 e. The number of nitrogens with zero attached hydrogens (tertiary/aromatic N) is 2. The van der Waals surface area contributed by atoms with E-state index in [1.54, 1.807) is 0 Å². The molecule has 2 heterocycles. The summed E-state index contributed by atoms with van der Waals surface area (Å²) in [4.78, 5) is 9.18. The van der Waals surface area contributed by atoms with Gasteiger partial charge >= 0.3 is 0 Å². The van der Waals surface area contributed by atoms with Gasteiger partial charge in [0.05, 0.1) is 6.10 Å². The fraction of sp³-hybridized carbons (Fsp3) is 0.765. The van der Waals surface area contributed by atoms with E-state index >= 15 is 0 Å². The third-order valence-electron chi connectivity index (χ3n) is 4.58. The molecule has 1 atom stereocenters. The lowest BCUT2D eigenvalue weighted by Gasteiger charge is -2.17. The minimum atomic E-state index is 0.327. The molecule has 1 aliphatic carbocycles. The van der Waals surface area contributed by atoms with Gasteiger partial charge in [-0.25, -0.2) is 4.98 Å². The Kier molecular flexibility index (Phi) is 5.48. The molecule has 2 aliphatic rings. The highest BCUT2D eigenvalue weighted by molar-refractivity contribution is 5.42. The normalized spacial score (nSPS) is 23.2. The molecule has 5 heteroatoms. The second-order valence-corrected chi connectivity index (χ2v) is 6.57. The number of hydrogen-bond donors (Lipinski definition) is 2. The summed E-state index contributed by atoms with van der Waals surface area (Å²) in [5.41, 5.74) is 1.00. The minimum absolute atomic E-state index is 0.327. The Labute approximate surface area is 133 Å². The molecule has 122 valence electrons. The monoisotopic (exact) mass is 304 g/mol. The van der Waals surface area contributed by atoms with Gasteiger partial charge in [0.1, 0.15) is 5.82 Å². The molecule has 2 fully saturated rings. The van der Waals surface area contributed by atoms with Gasteiger partial charge in [0.2, 0.25) is 5.95 Å². The van der Waals surface area contributed by atoms with Crippen LogP contribution in [0.4, 0.5) is 11.8 Å². The van der Waals surface area contributed by atoms with Gasteiger partial charge in [0.25, 0.3) is 0 Å². The van der Waals surface area contributed by atoms with Gasteiger partial charge in [-0.1, -0.05) is 25.7 Å². The Bertz CT molecular complexity index is 466. The van der Waals surface area contributed by atoms with Crippen molar-refractivity contribution in [1.82, 2.24) is 9.97 Å². The molecular formula is C17H28N4O. The summed E-state index contributed by atoms with van der Waals surface area (Å²) in [5.74, 6) is 1.67. The maximum absolute atomic E-state index is 5.65. The van der Waals surface area contributed by atoms with Crippen molar-refractivity contribution in [2.75, 3.05) is 23.8 Å². The zero-order valence-corrected chi connectivity index (χ0v) is 13.6. The molecule has 1 saturated heterocycles. The van der Waals surface area contributed by atoms with E-state index in [4.69, 9.17) is 4.74 Å². The van der Waals surface area contributed by atoms with Gasteiger partial charge in [-0.05, 0) is 32.6 Å². The summed E-state index contributed by atoms with van der Waals surface area (Å²) in [5, 5.41) is 6.94. The Balaban J connectivity index is 1.58. The molecule has 1 saturated carbocycles. The van der Waals surface area contributed by atoms with Crippen LogP contribution in [0.2, 0.25) is 0 Å². The zero-order chi connectivity index (χ0) is 15.2. The SMILES string of the molecule is Cc1cc(NCC2CCCO2)nc(NC2CCCCCC2)n1. The van der Waals surface area contributed by atoms with Gasteiger partial charge in [0, 0.05) is 31.0 Å². The Morgan fingerprint density at radius 2 is 1.91 bits per heavy atom. The summed E-state index contributed by atoms with van der Waals surface area (Å²) >= 11 is 0. The summed E-state index contributed by atoms with van der Waals surface area (Å²) in [6, 6.07) is 2.53. The highest BCUT2D eigenvalue weighted by Gasteiger charge is 2.16. The zero-order valence-electron chi connectivity index (χ0n) is 13.6. The first-order valence-corrected chi connectivity index (χ1v) is 8.77. The van der Waals surface area contributed by atoms with E-state index in [1.165, 1.54) is 44.9 Å². The molecular weight excluding hydrogens is 276 g/mol. The fourth-order valence-corrected chi connectivity index (χ4v) is 3.35. The Morgan fingerprint density at radius 3 is 2.64 bits per heavy atom. The van der Waals surface area contributed by atoms with Crippen molar-refractivity contribution in [3.63, 3.8) is 0 Å². The highest BCUT2D eigenvalue weighted by atomic mass is 16.5. The molecule has 1 unspecified atom stereocenters. The molecule has 1 aliphatic heterocycles. The van der Waals surface area contributed by atoms with E-state index in [9.17, 15) is 0 Å². The second-order valence-electron chi connectivity index (χ2n) is 6.57. The van der Waals surface area contributed by atoms with E-state index in [1.807, 2.05) is 13.0 Å². The molecule has 0 spiro atoms. The van der Waals surface area contributed by atoms with Crippen LogP contribution in [0.25, 0.3) is 0 Å². The molecule has 1 aromatic heterocycles. The van der Waals surface area contributed by atoms with Gasteiger partial charge in [0.15, 0.2) is 0 Å². The van der Waals surface area contributed by atoms with Gasteiger partial charge in [-0.2, -0.15) is 4.98 Å². The first-order valence-electron chi connectivity index (χ1n) is 8.77. The lowest BCUT2D eigenvalue weighted by molar-refractivity contribution is 0.120. The van der Waals surface area contributed by atoms with Crippen LogP contribution in [0.5, 0.6) is 0 Å². The van der Waals surface area contributed by atoms with E-state index < -0.39 is 0 Å². The summed E-state index contributed by atoms with van der Waals surface area (Å²) in [6.07, 6.45) is 10.5. The molecule has 0 bridgehead atoms. The lowest BCUT2D eigenvalue weighted by atomic mass is 10.1. The van der Waals surface area contributed by atoms with Crippen molar-refractivity contribution in [2.45, 2.75) is 70.4 Å². The number of anilines is 2. The number of rotatable bonds is 5. The number of nitrogens with one attached hydrogen (secondary N) is 2. The van der Waals surface area contributed by atoms with Gasteiger partial charge in [-0.3, -0.25) is 0 Å². The standard InChI is InChI=1S/C17H28N4O/c1-13-11-16(18-12-15-9-6-10-22-15)21-17(19-13)20-14-7-4-2-3-5-8-14/h11,14-15H,2-10,12H2,1H3,(H2,18,19,20,21). The molecule has 0 aromatic carbocycles. The van der Waals surface area contributed by atoms with Crippen molar-refractivity contribution in [3.8, 4) is 0 Å². The fourth-order valence-electron chi connectivity index (χ4n) is 3.35. The Morgan fingerprint density at radius 1 is 1.09 bits per heavy atom. The van der Waals surface area contributed by atoms with E-state index in [0.717, 1.165) is 37.0 Å². The number of hydrogen-bond acceptors (Lipinski definition) is 5. The quantitative estimate of drug-likeness (QED) is 0.815. The molecule has 5 nitrogen and oxygen atoms in total. The predicted molar refractivity (Wildman–Crippen MR) is 89.3 cm³/mol. The average Bonchev–Trinajstić information content (AvgIpc) is 2.89. The third-order valence-corrected chi connectivity index (χ3v) is 4.58. The second kappa shape index (κ2) is 7.77. The molecule has 0 amide bonds. The van der Waals surface area contributed by atoms with Crippen molar-refractivity contribution in [1.29, 1.82) is 0 Å². The number of aryl methyl sites for hydroxylation is 1. The number of ether oxygens (including phenoxy) is 1. The van der Waals surface area contributed by atoms with Crippen molar-refractivity contribution in [2.24, 2.45) is 0 Å². The van der Waals surface area contributed by atoms with Crippen molar-refractivity contribution < 1.29 is 4.74 Å². The van der Waals surface area contributed by atoms with Gasteiger partial charge in [-0.15, -0.1) is 0 Å². The lowest BCUT2D eigenvalue weighted by Crippen LogP contribution is -2.22. The van der Waals surface area contributed by atoms with Crippen LogP contribution in [0.15, 0.2) is 6.07 Å². The topological polar surface area (TPSA) is 59.1 Å². The third kappa shape index (κ3) is 4.57. The van der Waals surface area contributed by atoms with Gasteiger partial charge < -0.3 is 15.4 Å². The van der Waals surface area contributed by atoms with Crippen LogP contribution in [0, 0.1) is 6.92 Å². The predicted octanol–water partition coefficient (Wildman–Crippen LogP) is 3.51. The van der Waals surface area contributed by atoms with Crippen LogP contribution < -0.4 is 10.6 Å². The van der Waals surface area contributed by atoms with Crippen molar-refractivity contribution in [3.05, 3.63) is 11.8 Å². The summed E-state index contributed by atoms with van der Waals surface area (Å²) in [6.45, 7) is 3.75. The average molecular weight is 304 g/mol. The van der Waals surface area contributed by atoms with Crippen LogP contribution in [0.1, 0.15) is 57.1 Å². The largest absolute Gasteiger partial charge is 0.376 e. The molecule has 22 heavy (non-hydrogen) atoms. The maximum atomic E-state index is 5.65. The van der Waals surface area contributed by atoms with Crippen LogP contribution in [0.3, 0.4) is 0 Å². The maximum Gasteiger partial charge on any atom is 0.225 e. The Hall–Kier alpha value is -1.36. The van der Waals surface area contributed by atoms with E-state index in [2.05, 4.69) is 20.6 Å². The summed E-state index contributed by atoms with van der Waals surface area (Å²) < 4.78 is 5.65. The van der Waals surface area contributed by atoms with Crippen LogP contribution in [-0.4, -0.2) is 35.3 Å². The number of aromatic nitrogens is 2. The highest BCUT2D eigenvalue weighted by Crippen LogP contribution is 2.21. The van der Waals surface area contributed by atoms with E-state index in [-0.39, 0.29) is 0 Å². The van der Waals surface area contributed by atoms with Crippen molar-refractivity contribution >= 4 is 11.8 Å². The van der Waals surface area contributed by atoms with Crippen LogP contribution >= 0.6 is 0 Å². The molecule has 0 radical (unpaired) electrons. The van der Waals surface area contributed by atoms with Crippen LogP contribution in [-0.2, 0) is 4.74 Å². The first kappa shape index (κ1) is 15.5.